The summed E-state index contributed by atoms with van der Waals surface area (Å²) in [5, 5.41) is 8.77. The van der Waals surface area contributed by atoms with Crippen LogP contribution in [0.4, 0.5) is 8.78 Å². The van der Waals surface area contributed by atoms with E-state index in [2.05, 4.69) is 15.9 Å². The SMILES string of the molecule is COc1c(Br)cc(F)c(F)c1CO. The standard InChI is InChI=1S/C8H7BrF2O2/c1-13-8-4(3-12)7(11)6(10)2-5(8)9/h2,12H,3H2,1H3. The van der Waals surface area contributed by atoms with Gasteiger partial charge in [-0.3, -0.25) is 0 Å². The lowest BCUT2D eigenvalue weighted by molar-refractivity contribution is 0.263. The molecule has 0 aliphatic carbocycles. The average Bonchev–Trinajstić information content (AvgIpc) is 2.10. The first kappa shape index (κ1) is 10.4. The van der Waals surface area contributed by atoms with Crippen LogP contribution in [0.1, 0.15) is 5.56 Å². The molecule has 0 spiro atoms. The van der Waals surface area contributed by atoms with Crippen LogP contribution in [-0.2, 0) is 6.61 Å². The van der Waals surface area contributed by atoms with Crippen LogP contribution in [0.2, 0.25) is 0 Å². The minimum absolute atomic E-state index is 0.112. The van der Waals surface area contributed by atoms with Gasteiger partial charge in [0.2, 0.25) is 0 Å². The van der Waals surface area contributed by atoms with Crippen molar-refractivity contribution in [1.82, 2.24) is 0 Å². The van der Waals surface area contributed by atoms with Gasteiger partial charge in [0.15, 0.2) is 11.6 Å². The van der Waals surface area contributed by atoms with Crippen molar-refractivity contribution < 1.29 is 18.6 Å². The lowest BCUT2D eigenvalue weighted by atomic mass is 10.2. The fourth-order valence-electron chi connectivity index (χ4n) is 0.990. The van der Waals surface area contributed by atoms with Crippen molar-refractivity contribution >= 4 is 15.9 Å². The fraction of sp³-hybridized carbons (Fsp3) is 0.250. The highest BCUT2D eigenvalue weighted by Gasteiger charge is 2.16. The number of hydrogen-bond acceptors (Lipinski definition) is 2. The monoisotopic (exact) mass is 252 g/mol. The zero-order valence-electron chi connectivity index (χ0n) is 6.77. The van der Waals surface area contributed by atoms with E-state index >= 15 is 0 Å². The Hall–Kier alpha value is -0.680. The molecule has 0 saturated heterocycles. The Kier molecular flexibility index (Phi) is 3.22. The first-order chi connectivity index (χ1) is 6.11. The fourth-order valence-corrected chi connectivity index (χ4v) is 1.59. The molecule has 0 saturated carbocycles. The van der Waals surface area contributed by atoms with Gasteiger partial charge in [-0.2, -0.15) is 0 Å². The van der Waals surface area contributed by atoms with Gasteiger partial charge in [-0.1, -0.05) is 0 Å². The summed E-state index contributed by atoms with van der Waals surface area (Å²) in [5.74, 6) is -1.99. The van der Waals surface area contributed by atoms with Crippen LogP contribution in [0.5, 0.6) is 5.75 Å². The Morgan fingerprint density at radius 3 is 2.62 bits per heavy atom. The van der Waals surface area contributed by atoms with Crippen LogP contribution in [0.3, 0.4) is 0 Å². The van der Waals surface area contributed by atoms with Gasteiger partial charge in [-0.05, 0) is 22.0 Å². The average molecular weight is 253 g/mol. The number of aliphatic hydroxyl groups is 1. The Balaban J connectivity index is 3.41. The molecule has 0 aromatic heterocycles. The highest BCUT2D eigenvalue weighted by atomic mass is 79.9. The van der Waals surface area contributed by atoms with Crippen molar-refractivity contribution in [2.24, 2.45) is 0 Å². The van der Waals surface area contributed by atoms with E-state index in [0.29, 0.717) is 0 Å². The Labute approximate surface area is 82.3 Å². The Morgan fingerprint density at radius 2 is 2.15 bits per heavy atom. The molecular formula is C8H7BrF2O2. The normalized spacial score (nSPS) is 10.2. The zero-order chi connectivity index (χ0) is 10.0. The lowest BCUT2D eigenvalue weighted by Crippen LogP contribution is -2.00. The van der Waals surface area contributed by atoms with Gasteiger partial charge < -0.3 is 9.84 Å². The molecule has 0 radical (unpaired) electrons. The summed E-state index contributed by atoms with van der Waals surface area (Å²) in [6.45, 7) is -0.606. The molecule has 1 aromatic carbocycles. The molecule has 0 amide bonds. The van der Waals surface area contributed by atoms with E-state index in [1.54, 1.807) is 0 Å². The topological polar surface area (TPSA) is 29.5 Å². The second-order valence-corrected chi connectivity index (χ2v) is 3.18. The van der Waals surface area contributed by atoms with E-state index < -0.39 is 18.2 Å². The molecule has 1 aromatic rings. The lowest BCUT2D eigenvalue weighted by Gasteiger charge is -2.09. The van der Waals surface area contributed by atoms with E-state index in [9.17, 15) is 8.78 Å². The van der Waals surface area contributed by atoms with E-state index in [1.807, 2.05) is 0 Å². The van der Waals surface area contributed by atoms with Gasteiger partial charge in [0.25, 0.3) is 0 Å². The smallest absolute Gasteiger partial charge is 0.168 e. The molecule has 0 bridgehead atoms. The minimum Gasteiger partial charge on any atom is -0.495 e. The first-order valence-electron chi connectivity index (χ1n) is 3.43. The Morgan fingerprint density at radius 1 is 1.54 bits per heavy atom. The molecule has 72 valence electrons. The summed E-state index contributed by atoms with van der Waals surface area (Å²) in [7, 11) is 1.32. The highest BCUT2D eigenvalue weighted by molar-refractivity contribution is 9.10. The van der Waals surface area contributed by atoms with Gasteiger partial charge >= 0.3 is 0 Å². The number of rotatable bonds is 2. The quantitative estimate of drug-likeness (QED) is 0.819. The van der Waals surface area contributed by atoms with Crippen LogP contribution in [0.15, 0.2) is 10.5 Å². The summed E-state index contributed by atoms with van der Waals surface area (Å²) in [6.07, 6.45) is 0. The second kappa shape index (κ2) is 4.02. The maximum absolute atomic E-state index is 13.0. The number of ether oxygens (including phenoxy) is 1. The van der Waals surface area contributed by atoms with Gasteiger partial charge in [-0.15, -0.1) is 0 Å². The summed E-state index contributed by atoms with van der Waals surface area (Å²) < 4.78 is 30.8. The van der Waals surface area contributed by atoms with Crippen molar-refractivity contribution in [3.8, 4) is 5.75 Å². The van der Waals surface area contributed by atoms with Crippen LogP contribution < -0.4 is 4.74 Å². The van der Waals surface area contributed by atoms with Gasteiger partial charge in [0.1, 0.15) is 5.75 Å². The van der Waals surface area contributed by atoms with Crippen molar-refractivity contribution in [2.45, 2.75) is 6.61 Å². The molecule has 2 nitrogen and oxygen atoms in total. The zero-order valence-corrected chi connectivity index (χ0v) is 8.36. The number of aliphatic hydroxyl groups excluding tert-OH is 1. The van der Waals surface area contributed by atoms with E-state index in [0.717, 1.165) is 6.07 Å². The van der Waals surface area contributed by atoms with Crippen molar-refractivity contribution in [1.29, 1.82) is 0 Å². The molecule has 0 fully saturated rings. The Bertz CT molecular complexity index is 328. The molecule has 0 unspecified atom stereocenters. The van der Waals surface area contributed by atoms with Crippen molar-refractivity contribution in [3.63, 3.8) is 0 Å². The van der Waals surface area contributed by atoms with E-state index in [-0.39, 0.29) is 15.8 Å². The predicted octanol–water partition coefficient (Wildman–Crippen LogP) is 2.23. The molecular weight excluding hydrogens is 246 g/mol. The van der Waals surface area contributed by atoms with Crippen LogP contribution in [-0.4, -0.2) is 12.2 Å². The third kappa shape index (κ3) is 1.81. The molecule has 0 aliphatic heterocycles. The third-order valence-electron chi connectivity index (χ3n) is 1.58. The van der Waals surface area contributed by atoms with Gasteiger partial charge in [0.05, 0.1) is 23.8 Å². The molecule has 1 rings (SSSR count). The van der Waals surface area contributed by atoms with Gasteiger partial charge in [0, 0.05) is 0 Å². The summed E-state index contributed by atoms with van der Waals surface area (Å²) >= 11 is 2.99. The third-order valence-corrected chi connectivity index (χ3v) is 2.17. The van der Waals surface area contributed by atoms with E-state index in [4.69, 9.17) is 9.84 Å². The first-order valence-corrected chi connectivity index (χ1v) is 4.22. The molecule has 1 N–H and O–H groups in total. The van der Waals surface area contributed by atoms with E-state index in [1.165, 1.54) is 7.11 Å². The summed E-state index contributed by atoms with van der Waals surface area (Å²) in [6, 6.07) is 0.952. The maximum Gasteiger partial charge on any atom is 0.168 e. The molecule has 0 heterocycles. The van der Waals surface area contributed by atoms with Crippen molar-refractivity contribution in [2.75, 3.05) is 7.11 Å². The number of methoxy groups -OCH3 is 1. The van der Waals surface area contributed by atoms with Crippen LogP contribution in [0.25, 0.3) is 0 Å². The molecule has 0 aliphatic rings. The van der Waals surface area contributed by atoms with Crippen LogP contribution >= 0.6 is 15.9 Å². The summed E-state index contributed by atoms with van der Waals surface area (Å²) in [4.78, 5) is 0. The molecule has 5 heteroatoms. The molecule has 0 atom stereocenters. The number of halogens is 3. The molecule has 13 heavy (non-hydrogen) atoms. The number of benzene rings is 1. The van der Waals surface area contributed by atoms with Crippen molar-refractivity contribution in [3.05, 3.63) is 27.7 Å². The maximum atomic E-state index is 13.0. The highest BCUT2D eigenvalue weighted by Crippen LogP contribution is 2.32. The summed E-state index contributed by atoms with van der Waals surface area (Å²) in [5.41, 5.74) is -0.186. The largest absolute Gasteiger partial charge is 0.495 e. The van der Waals surface area contributed by atoms with Gasteiger partial charge in [-0.25, -0.2) is 8.78 Å². The number of hydrogen-bond donors (Lipinski definition) is 1. The predicted molar refractivity (Wildman–Crippen MR) is 46.5 cm³/mol. The van der Waals surface area contributed by atoms with Crippen LogP contribution in [0, 0.1) is 11.6 Å². The second-order valence-electron chi connectivity index (χ2n) is 2.32. The minimum atomic E-state index is -1.08.